The normalized spacial score (nSPS) is 18.0. The summed E-state index contributed by atoms with van der Waals surface area (Å²) < 4.78 is 45.0. The second-order valence-corrected chi connectivity index (χ2v) is 8.61. The van der Waals surface area contributed by atoms with Crippen molar-refractivity contribution < 1.29 is 32.3 Å². The van der Waals surface area contributed by atoms with Crippen LogP contribution in [-0.2, 0) is 15.7 Å². The van der Waals surface area contributed by atoms with E-state index in [4.69, 9.17) is 4.74 Å². The van der Waals surface area contributed by atoms with Crippen LogP contribution in [0.4, 0.5) is 28.4 Å². The number of Topliss-reactive ketones (excluding diaryl/α,β-unsaturated/α-hetero) is 1. The lowest BCUT2D eigenvalue weighted by atomic mass is 9.92. The summed E-state index contributed by atoms with van der Waals surface area (Å²) in [4.78, 5) is 41.9. The smallest absolute Gasteiger partial charge is 0.418 e. The maximum Gasteiger partial charge on any atom is 0.418 e. The van der Waals surface area contributed by atoms with Crippen molar-refractivity contribution >= 4 is 35.4 Å². The number of imide groups is 1. The highest BCUT2D eigenvalue weighted by atomic mass is 32.2. The van der Waals surface area contributed by atoms with Crippen LogP contribution in [0.15, 0.2) is 58.6 Å². The molecular weight excluding hydrogens is 483 g/mol. The molecule has 7 nitrogen and oxygen atoms in total. The van der Waals surface area contributed by atoms with Crippen molar-refractivity contribution in [3.05, 3.63) is 70.4 Å². The van der Waals surface area contributed by atoms with E-state index < -0.39 is 29.9 Å². The molecular formula is C24H18F3N3O4S. The molecule has 0 radical (unpaired) electrons. The fourth-order valence-corrected chi connectivity index (χ4v) is 5.00. The zero-order valence-corrected chi connectivity index (χ0v) is 19.4. The van der Waals surface area contributed by atoms with E-state index >= 15 is 0 Å². The zero-order chi connectivity index (χ0) is 25.5. The largest absolute Gasteiger partial charge is 0.452 e. The van der Waals surface area contributed by atoms with Gasteiger partial charge in [0, 0.05) is 22.6 Å². The van der Waals surface area contributed by atoms with Crippen LogP contribution in [-0.4, -0.2) is 36.2 Å². The maximum atomic E-state index is 13.7. The van der Waals surface area contributed by atoms with Crippen LogP contribution in [0.5, 0.6) is 0 Å². The molecule has 180 valence electrons. The minimum absolute atomic E-state index is 0.0315. The van der Waals surface area contributed by atoms with Crippen LogP contribution in [0.3, 0.4) is 0 Å². The van der Waals surface area contributed by atoms with Crippen LogP contribution in [0.2, 0.25) is 0 Å². The van der Waals surface area contributed by atoms with E-state index in [1.54, 1.807) is 18.4 Å². The van der Waals surface area contributed by atoms with Gasteiger partial charge in [-0.2, -0.15) is 18.4 Å². The fraction of sp³-hybridized carbons (Fsp3) is 0.250. The Morgan fingerprint density at radius 2 is 1.91 bits per heavy atom. The Morgan fingerprint density at radius 3 is 2.54 bits per heavy atom. The average molecular weight is 501 g/mol. The molecule has 1 heterocycles. The van der Waals surface area contributed by atoms with E-state index in [9.17, 15) is 32.8 Å². The molecule has 0 saturated carbocycles. The molecule has 1 aliphatic carbocycles. The molecule has 0 bridgehead atoms. The lowest BCUT2D eigenvalue weighted by molar-refractivity contribution is -0.137. The number of nitrogens with zero attached hydrogens (tertiary/aromatic N) is 3. The van der Waals surface area contributed by atoms with Gasteiger partial charge in [0.1, 0.15) is 6.04 Å². The van der Waals surface area contributed by atoms with Gasteiger partial charge in [-0.15, -0.1) is 11.8 Å². The van der Waals surface area contributed by atoms with Crippen molar-refractivity contribution in [2.45, 2.75) is 30.0 Å². The maximum absolute atomic E-state index is 13.7. The lowest BCUT2D eigenvalue weighted by Gasteiger charge is -2.40. The Balaban J connectivity index is 1.98. The van der Waals surface area contributed by atoms with Crippen LogP contribution in [0.25, 0.3) is 0 Å². The van der Waals surface area contributed by atoms with Gasteiger partial charge in [0.05, 0.1) is 30.0 Å². The molecule has 0 N–H and O–H groups in total. The number of hydrogen-bond donors (Lipinski definition) is 0. The molecule has 1 atom stereocenters. The summed E-state index contributed by atoms with van der Waals surface area (Å²) in [7, 11) is 1.07. The molecule has 2 aliphatic rings. The Morgan fingerprint density at radius 1 is 1.17 bits per heavy atom. The summed E-state index contributed by atoms with van der Waals surface area (Å²) in [5, 5.41) is 9.26. The van der Waals surface area contributed by atoms with Gasteiger partial charge in [-0.05, 0) is 48.6 Å². The van der Waals surface area contributed by atoms with Crippen molar-refractivity contribution in [3.8, 4) is 6.07 Å². The number of benzene rings is 2. The molecule has 1 unspecified atom stereocenters. The van der Waals surface area contributed by atoms with E-state index in [2.05, 4.69) is 0 Å². The van der Waals surface area contributed by atoms with E-state index in [1.165, 1.54) is 23.9 Å². The highest BCUT2D eigenvalue weighted by Crippen LogP contribution is 2.47. The third-order valence-corrected chi connectivity index (χ3v) is 6.65. The summed E-state index contributed by atoms with van der Waals surface area (Å²) >= 11 is 1.26. The minimum atomic E-state index is -4.65. The van der Waals surface area contributed by atoms with Gasteiger partial charge in [-0.1, -0.05) is 12.1 Å². The Labute approximate surface area is 202 Å². The van der Waals surface area contributed by atoms with Crippen molar-refractivity contribution in [3.63, 3.8) is 0 Å². The van der Waals surface area contributed by atoms with Gasteiger partial charge < -0.3 is 4.74 Å². The molecule has 0 saturated heterocycles. The van der Waals surface area contributed by atoms with E-state index in [1.807, 2.05) is 6.07 Å². The number of ether oxygens (including phenoxy) is 1. The van der Waals surface area contributed by atoms with Gasteiger partial charge in [0.2, 0.25) is 0 Å². The molecule has 0 aromatic heterocycles. The number of rotatable bonds is 3. The first kappa shape index (κ1) is 24.3. The highest BCUT2D eigenvalue weighted by molar-refractivity contribution is 7.98. The number of urea groups is 1. The minimum Gasteiger partial charge on any atom is -0.452 e. The first-order valence-corrected chi connectivity index (χ1v) is 11.6. The Hall–Kier alpha value is -3.78. The Bertz CT molecular complexity index is 1320. The standard InChI is InChI=1S/C24H18F3N3O4S/c1-34-23(33)30-21(16-7-6-13(12-28)10-19(16)35-2)20-17(8-9-18(20)31)29(22(30)32)15-5-3-4-14(11-15)24(25,26)27/h3-7,10-11,21H,8-9H2,1-2H3. The predicted octanol–water partition coefficient (Wildman–Crippen LogP) is 5.67. The van der Waals surface area contributed by atoms with Crippen LogP contribution in [0.1, 0.15) is 35.6 Å². The second-order valence-electron chi connectivity index (χ2n) is 7.76. The lowest BCUT2D eigenvalue weighted by Crippen LogP contribution is -2.52. The van der Waals surface area contributed by atoms with Gasteiger partial charge in [0.25, 0.3) is 0 Å². The van der Waals surface area contributed by atoms with Crippen molar-refractivity contribution in [2.75, 3.05) is 18.3 Å². The summed E-state index contributed by atoms with van der Waals surface area (Å²) in [5.74, 6) is -0.334. The first-order chi connectivity index (χ1) is 16.6. The molecule has 11 heteroatoms. The van der Waals surface area contributed by atoms with E-state index in [0.717, 1.165) is 35.1 Å². The molecule has 0 spiro atoms. The number of alkyl halides is 3. The summed E-state index contributed by atoms with van der Waals surface area (Å²) in [6, 6.07) is 8.72. The SMILES string of the molecule is COC(=O)N1C(=O)N(c2cccc(C(F)(F)F)c2)C2=C(C(=O)CC2)C1c1ccc(C#N)cc1SC. The quantitative estimate of drug-likeness (QED) is 0.504. The number of carbonyl (C=O) groups excluding carboxylic acids is 3. The average Bonchev–Trinajstić information content (AvgIpc) is 3.22. The fourth-order valence-electron chi connectivity index (χ4n) is 4.34. The number of ketones is 1. The van der Waals surface area contributed by atoms with Crippen LogP contribution in [0, 0.1) is 11.3 Å². The van der Waals surface area contributed by atoms with E-state index in [0.29, 0.717) is 16.0 Å². The summed E-state index contributed by atoms with van der Waals surface area (Å²) in [6.45, 7) is 0. The summed E-state index contributed by atoms with van der Waals surface area (Å²) in [6.07, 6.45) is -3.83. The first-order valence-electron chi connectivity index (χ1n) is 10.3. The van der Waals surface area contributed by atoms with Gasteiger partial charge in [-0.3, -0.25) is 9.69 Å². The number of hydrogen-bond acceptors (Lipinski definition) is 6. The highest BCUT2D eigenvalue weighted by Gasteiger charge is 2.49. The van der Waals surface area contributed by atoms with Gasteiger partial charge in [-0.25, -0.2) is 14.5 Å². The summed E-state index contributed by atoms with van der Waals surface area (Å²) in [5.41, 5.74) is 0.0551. The molecule has 1 aliphatic heterocycles. The number of amides is 3. The predicted molar refractivity (Wildman–Crippen MR) is 121 cm³/mol. The number of carbonyl (C=O) groups is 3. The number of halogens is 3. The van der Waals surface area contributed by atoms with E-state index in [-0.39, 0.29) is 35.6 Å². The number of allylic oxidation sites excluding steroid dienone is 1. The number of anilines is 1. The molecule has 3 amide bonds. The monoisotopic (exact) mass is 501 g/mol. The Kier molecular flexibility index (Phi) is 6.34. The van der Waals surface area contributed by atoms with Gasteiger partial charge >= 0.3 is 18.3 Å². The topological polar surface area (TPSA) is 90.7 Å². The van der Waals surface area contributed by atoms with Crippen molar-refractivity contribution in [2.24, 2.45) is 0 Å². The van der Waals surface area contributed by atoms with Crippen LogP contribution >= 0.6 is 11.8 Å². The molecule has 35 heavy (non-hydrogen) atoms. The van der Waals surface area contributed by atoms with Gasteiger partial charge in [0.15, 0.2) is 5.78 Å². The molecule has 2 aromatic carbocycles. The number of thioether (sulfide) groups is 1. The second kappa shape index (κ2) is 9.11. The molecule has 4 rings (SSSR count). The number of nitriles is 1. The molecule has 0 fully saturated rings. The molecule has 2 aromatic rings. The van der Waals surface area contributed by atoms with Crippen molar-refractivity contribution in [1.82, 2.24) is 4.90 Å². The number of methoxy groups -OCH3 is 1. The zero-order valence-electron chi connectivity index (χ0n) is 18.5. The third kappa shape index (κ3) is 4.14. The van der Waals surface area contributed by atoms with Crippen molar-refractivity contribution in [1.29, 1.82) is 5.26 Å². The third-order valence-electron chi connectivity index (χ3n) is 5.86. The van der Waals surface area contributed by atoms with Crippen LogP contribution < -0.4 is 4.90 Å².